The number of halogens is 1. The van der Waals surface area contributed by atoms with Crippen LogP contribution in [0.2, 0.25) is 0 Å². The number of carbonyl (C=O) groups is 1. The molecule has 0 unspecified atom stereocenters. The number of benzene rings is 1. The van der Waals surface area contributed by atoms with Gasteiger partial charge >= 0.3 is 0 Å². The monoisotopic (exact) mass is 389 g/mol. The zero-order valence-electron chi connectivity index (χ0n) is 13.4. The zero-order chi connectivity index (χ0) is 17.4. The number of thioether (sulfide) groups is 1. The lowest BCUT2D eigenvalue weighted by Crippen LogP contribution is -2.36. The maximum absolute atomic E-state index is 13.1. The number of carbonyl (C=O) groups excluding carboxylic acids is 1. The van der Waals surface area contributed by atoms with Crippen molar-refractivity contribution in [1.82, 2.24) is 4.90 Å². The van der Waals surface area contributed by atoms with Crippen molar-refractivity contribution >= 4 is 51.6 Å². The third kappa shape index (κ3) is 3.43. The number of thiophene rings is 1. The van der Waals surface area contributed by atoms with Crippen molar-refractivity contribution in [1.29, 1.82) is 0 Å². The number of rotatable bonds is 3. The maximum Gasteiger partial charge on any atom is 0.266 e. The van der Waals surface area contributed by atoms with Crippen LogP contribution in [0, 0.1) is 5.82 Å². The summed E-state index contributed by atoms with van der Waals surface area (Å²) in [6.07, 6.45) is 6.37. The lowest BCUT2D eigenvalue weighted by Gasteiger charge is -2.21. The van der Waals surface area contributed by atoms with Crippen LogP contribution in [-0.2, 0) is 4.79 Å². The molecule has 1 amide bonds. The summed E-state index contributed by atoms with van der Waals surface area (Å²) in [4.78, 5) is 17.3. The minimum Gasteiger partial charge on any atom is -0.290 e. The Morgan fingerprint density at radius 1 is 1.12 bits per heavy atom. The van der Waals surface area contributed by atoms with Gasteiger partial charge in [0.1, 0.15) is 10.1 Å². The Hall–Kier alpha value is -1.50. The Kier molecular flexibility index (Phi) is 4.75. The highest BCUT2D eigenvalue weighted by Gasteiger charge is 2.38. The van der Waals surface area contributed by atoms with E-state index in [-0.39, 0.29) is 17.8 Å². The fourth-order valence-corrected chi connectivity index (χ4v) is 5.71. The van der Waals surface area contributed by atoms with Gasteiger partial charge in [-0.15, -0.1) is 11.3 Å². The maximum atomic E-state index is 13.1. The number of amides is 1. The van der Waals surface area contributed by atoms with E-state index in [0.717, 1.165) is 28.2 Å². The minimum atomic E-state index is -0.240. The lowest BCUT2D eigenvalue weighted by molar-refractivity contribution is -0.123. The van der Waals surface area contributed by atoms with Crippen LogP contribution in [0.5, 0.6) is 0 Å². The molecule has 1 aliphatic heterocycles. The SMILES string of the molecule is O=C1/C(=C/c2ccc(-c3ccc(F)cc3)s2)SC(=S)N1C1CCCC1. The van der Waals surface area contributed by atoms with Gasteiger partial charge in [-0.1, -0.05) is 49.0 Å². The number of thiocarbonyl (C=S) groups is 1. The molecule has 2 aliphatic rings. The highest BCUT2D eigenvalue weighted by atomic mass is 32.2. The Labute approximate surface area is 159 Å². The lowest BCUT2D eigenvalue weighted by atomic mass is 10.2. The predicted molar refractivity (Wildman–Crippen MR) is 107 cm³/mol. The summed E-state index contributed by atoms with van der Waals surface area (Å²) in [6, 6.07) is 10.7. The molecule has 6 heteroatoms. The third-order valence-corrected chi connectivity index (χ3v) is 6.95. The molecule has 128 valence electrons. The summed E-state index contributed by atoms with van der Waals surface area (Å²) < 4.78 is 13.7. The molecule has 2 heterocycles. The molecule has 25 heavy (non-hydrogen) atoms. The first kappa shape index (κ1) is 16.9. The van der Waals surface area contributed by atoms with Gasteiger partial charge in [0, 0.05) is 15.8 Å². The van der Waals surface area contributed by atoms with Crippen molar-refractivity contribution in [2.45, 2.75) is 31.7 Å². The molecule has 1 saturated carbocycles. The van der Waals surface area contributed by atoms with Crippen LogP contribution in [0.4, 0.5) is 4.39 Å². The first-order valence-corrected chi connectivity index (χ1v) is 10.3. The smallest absolute Gasteiger partial charge is 0.266 e. The van der Waals surface area contributed by atoms with Crippen LogP contribution >= 0.6 is 35.3 Å². The fourth-order valence-electron chi connectivity index (χ4n) is 3.29. The molecule has 1 saturated heterocycles. The van der Waals surface area contributed by atoms with E-state index in [4.69, 9.17) is 12.2 Å². The first-order chi connectivity index (χ1) is 12.1. The molecule has 2 aromatic rings. The second kappa shape index (κ2) is 7.02. The Morgan fingerprint density at radius 3 is 2.56 bits per heavy atom. The van der Waals surface area contributed by atoms with Crippen molar-refractivity contribution in [3.8, 4) is 10.4 Å². The van der Waals surface area contributed by atoms with Crippen LogP contribution in [0.15, 0.2) is 41.3 Å². The Bertz CT molecular complexity index is 850. The highest BCUT2D eigenvalue weighted by Crippen LogP contribution is 2.39. The van der Waals surface area contributed by atoms with Gasteiger partial charge in [0.15, 0.2) is 0 Å². The van der Waals surface area contributed by atoms with Gasteiger partial charge in [0.25, 0.3) is 5.91 Å². The van der Waals surface area contributed by atoms with Gasteiger partial charge in [-0.05, 0) is 48.7 Å². The van der Waals surface area contributed by atoms with Gasteiger partial charge in [-0.25, -0.2) is 4.39 Å². The van der Waals surface area contributed by atoms with Gasteiger partial charge in [-0.2, -0.15) is 0 Å². The van der Waals surface area contributed by atoms with E-state index >= 15 is 0 Å². The van der Waals surface area contributed by atoms with Crippen molar-refractivity contribution in [3.05, 3.63) is 52.0 Å². The Balaban J connectivity index is 1.56. The van der Waals surface area contributed by atoms with Gasteiger partial charge < -0.3 is 0 Å². The van der Waals surface area contributed by atoms with E-state index in [1.165, 1.54) is 36.7 Å². The number of nitrogens with zero attached hydrogens (tertiary/aromatic N) is 1. The molecule has 1 aliphatic carbocycles. The number of hydrogen-bond donors (Lipinski definition) is 0. The summed E-state index contributed by atoms with van der Waals surface area (Å²) in [5, 5.41) is 0. The molecule has 0 N–H and O–H groups in total. The van der Waals surface area contributed by atoms with Crippen molar-refractivity contribution in [3.63, 3.8) is 0 Å². The van der Waals surface area contributed by atoms with Crippen molar-refractivity contribution < 1.29 is 9.18 Å². The molecule has 4 rings (SSSR count). The fraction of sp³-hybridized carbons (Fsp3) is 0.263. The topological polar surface area (TPSA) is 20.3 Å². The minimum absolute atomic E-state index is 0.0404. The van der Waals surface area contributed by atoms with Crippen LogP contribution < -0.4 is 0 Å². The molecule has 0 atom stereocenters. The summed E-state index contributed by atoms with van der Waals surface area (Å²) in [5.41, 5.74) is 0.976. The summed E-state index contributed by atoms with van der Waals surface area (Å²) >= 11 is 8.42. The van der Waals surface area contributed by atoms with E-state index in [2.05, 4.69) is 0 Å². The Morgan fingerprint density at radius 2 is 1.84 bits per heavy atom. The van der Waals surface area contributed by atoms with E-state index in [0.29, 0.717) is 9.23 Å². The van der Waals surface area contributed by atoms with Crippen molar-refractivity contribution in [2.24, 2.45) is 0 Å². The zero-order valence-corrected chi connectivity index (χ0v) is 15.9. The normalized spacial score (nSPS) is 20.2. The summed E-state index contributed by atoms with van der Waals surface area (Å²) in [7, 11) is 0. The van der Waals surface area contributed by atoms with Gasteiger partial charge in [0.2, 0.25) is 0 Å². The van der Waals surface area contributed by atoms with Crippen molar-refractivity contribution in [2.75, 3.05) is 0 Å². The molecule has 0 bridgehead atoms. The van der Waals surface area contributed by atoms with E-state index in [1.54, 1.807) is 23.5 Å². The molecule has 1 aromatic carbocycles. The number of hydrogen-bond acceptors (Lipinski definition) is 4. The molecular formula is C19H16FNOS3. The molecule has 0 radical (unpaired) electrons. The standard InChI is InChI=1S/C19H16FNOS3/c20-13-7-5-12(6-8-13)16-10-9-15(24-16)11-17-18(22)21(19(23)25-17)14-3-1-2-4-14/h5-11,14H,1-4H2/b17-11-. The second-order valence-electron chi connectivity index (χ2n) is 6.20. The van der Waals surface area contributed by atoms with Gasteiger partial charge in [-0.3, -0.25) is 9.69 Å². The molecule has 0 spiro atoms. The average molecular weight is 390 g/mol. The van der Waals surface area contributed by atoms with E-state index in [9.17, 15) is 9.18 Å². The van der Waals surface area contributed by atoms with E-state index < -0.39 is 0 Å². The van der Waals surface area contributed by atoms with Crippen LogP contribution in [0.3, 0.4) is 0 Å². The third-order valence-electron chi connectivity index (χ3n) is 4.54. The molecular weight excluding hydrogens is 373 g/mol. The average Bonchev–Trinajstić information content (AvgIpc) is 3.31. The molecule has 2 fully saturated rings. The van der Waals surface area contributed by atoms with Crippen LogP contribution in [-0.4, -0.2) is 21.2 Å². The largest absolute Gasteiger partial charge is 0.290 e. The second-order valence-corrected chi connectivity index (χ2v) is 8.99. The predicted octanol–water partition coefficient (Wildman–Crippen LogP) is 5.70. The van der Waals surface area contributed by atoms with Crippen LogP contribution in [0.25, 0.3) is 16.5 Å². The highest BCUT2D eigenvalue weighted by molar-refractivity contribution is 8.26. The van der Waals surface area contributed by atoms with Crippen LogP contribution in [0.1, 0.15) is 30.6 Å². The quantitative estimate of drug-likeness (QED) is 0.496. The first-order valence-electron chi connectivity index (χ1n) is 8.25. The molecule has 1 aromatic heterocycles. The summed E-state index contributed by atoms with van der Waals surface area (Å²) in [5.74, 6) is -0.199. The summed E-state index contributed by atoms with van der Waals surface area (Å²) in [6.45, 7) is 0. The molecule has 2 nitrogen and oxygen atoms in total. The van der Waals surface area contributed by atoms with Gasteiger partial charge in [0.05, 0.1) is 4.91 Å². The van der Waals surface area contributed by atoms with E-state index in [1.807, 2.05) is 23.1 Å².